The molecular formula is C5H2Cl2F6O. The van der Waals surface area contributed by atoms with E-state index in [1.807, 2.05) is 0 Å². The molecule has 0 N–H and O–H groups in total. The quantitative estimate of drug-likeness (QED) is 0.549. The van der Waals surface area contributed by atoms with Gasteiger partial charge in [-0.05, 0) is 23.2 Å². The molecule has 0 aromatic heterocycles. The Morgan fingerprint density at radius 1 is 1.00 bits per heavy atom. The second-order valence-corrected chi connectivity index (χ2v) is 3.55. The fourth-order valence-corrected chi connectivity index (χ4v) is 1.60. The van der Waals surface area contributed by atoms with Crippen molar-refractivity contribution in [3.05, 3.63) is 0 Å². The van der Waals surface area contributed by atoms with Crippen LogP contribution in [0, 0.1) is 0 Å². The minimum Gasteiger partial charge on any atom is -0.321 e. The standard InChI is InChI=1S/C5H2Cl2F6O/c6-4(10,11)3(5(7,12)13)1(8)2(9)14-3/h1-2H/t1-,2+/m0/s1. The van der Waals surface area contributed by atoms with Crippen LogP contribution in [-0.2, 0) is 4.74 Å². The van der Waals surface area contributed by atoms with Crippen molar-refractivity contribution >= 4 is 23.2 Å². The van der Waals surface area contributed by atoms with Crippen molar-refractivity contribution in [2.24, 2.45) is 0 Å². The summed E-state index contributed by atoms with van der Waals surface area (Å²) >= 11 is 8.41. The Hall–Kier alpha value is 0.120. The SMILES string of the molecule is F[C@@H]1OC(C(F)(F)Cl)(C(F)(F)Cl)[C@H]1F. The predicted molar refractivity (Wildman–Crippen MR) is 35.2 cm³/mol. The van der Waals surface area contributed by atoms with E-state index in [4.69, 9.17) is 0 Å². The van der Waals surface area contributed by atoms with Crippen LogP contribution in [0.3, 0.4) is 0 Å². The van der Waals surface area contributed by atoms with Crippen LogP contribution in [0.15, 0.2) is 0 Å². The Labute approximate surface area is 83.9 Å². The van der Waals surface area contributed by atoms with Crippen molar-refractivity contribution in [2.45, 2.75) is 28.9 Å². The van der Waals surface area contributed by atoms with E-state index in [1.54, 1.807) is 0 Å². The van der Waals surface area contributed by atoms with Gasteiger partial charge >= 0.3 is 10.8 Å². The topological polar surface area (TPSA) is 9.23 Å². The van der Waals surface area contributed by atoms with Crippen LogP contribution in [0.2, 0.25) is 0 Å². The van der Waals surface area contributed by atoms with Crippen molar-refractivity contribution in [2.75, 3.05) is 0 Å². The van der Waals surface area contributed by atoms with Crippen molar-refractivity contribution in [1.82, 2.24) is 0 Å². The van der Waals surface area contributed by atoms with Crippen molar-refractivity contribution < 1.29 is 31.1 Å². The maximum atomic E-state index is 12.6. The normalized spacial score (nSPS) is 32.6. The zero-order valence-corrected chi connectivity index (χ0v) is 7.60. The first-order valence-corrected chi connectivity index (χ1v) is 3.89. The molecule has 0 aromatic carbocycles. The molecule has 84 valence electrons. The van der Waals surface area contributed by atoms with Crippen LogP contribution >= 0.6 is 23.2 Å². The molecule has 1 saturated heterocycles. The lowest BCUT2D eigenvalue weighted by molar-refractivity contribution is -0.399. The maximum absolute atomic E-state index is 12.6. The first-order valence-electron chi connectivity index (χ1n) is 3.13. The Morgan fingerprint density at radius 3 is 1.43 bits per heavy atom. The zero-order valence-electron chi connectivity index (χ0n) is 6.09. The van der Waals surface area contributed by atoms with Gasteiger partial charge in [-0.1, -0.05) is 0 Å². The average Bonchev–Trinajstić information content (AvgIpc) is 1.93. The smallest absolute Gasteiger partial charge is 0.321 e. The summed E-state index contributed by atoms with van der Waals surface area (Å²) in [6, 6.07) is 0. The van der Waals surface area contributed by atoms with Gasteiger partial charge < -0.3 is 4.74 Å². The van der Waals surface area contributed by atoms with Gasteiger partial charge in [-0.15, -0.1) is 0 Å². The van der Waals surface area contributed by atoms with Crippen LogP contribution in [-0.4, -0.2) is 28.9 Å². The molecule has 2 atom stereocenters. The highest BCUT2D eigenvalue weighted by Crippen LogP contribution is 2.58. The lowest BCUT2D eigenvalue weighted by Crippen LogP contribution is -2.74. The van der Waals surface area contributed by atoms with E-state index in [2.05, 4.69) is 27.9 Å². The summed E-state index contributed by atoms with van der Waals surface area (Å²) in [4.78, 5) is 0. The third kappa shape index (κ3) is 1.37. The lowest BCUT2D eigenvalue weighted by Gasteiger charge is -2.49. The summed E-state index contributed by atoms with van der Waals surface area (Å²) in [5, 5.41) is -9.64. The number of hydrogen-bond donors (Lipinski definition) is 0. The molecule has 0 unspecified atom stereocenters. The summed E-state index contributed by atoms with van der Waals surface area (Å²) in [7, 11) is 0. The highest BCUT2D eigenvalue weighted by atomic mass is 35.5. The van der Waals surface area contributed by atoms with Gasteiger partial charge in [-0.25, -0.2) is 8.78 Å². The van der Waals surface area contributed by atoms with Gasteiger partial charge in [0, 0.05) is 0 Å². The van der Waals surface area contributed by atoms with Crippen molar-refractivity contribution in [3.63, 3.8) is 0 Å². The summed E-state index contributed by atoms with van der Waals surface area (Å²) in [5.41, 5.74) is -4.15. The van der Waals surface area contributed by atoms with Crippen molar-refractivity contribution in [3.8, 4) is 0 Å². The van der Waals surface area contributed by atoms with Gasteiger partial charge in [0.1, 0.15) is 0 Å². The first-order chi connectivity index (χ1) is 6.04. The number of hydrogen-bond acceptors (Lipinski definition) is 1. The van der Waals surface area contributed by atoms with E-state index < -0.39 is 28.9 Å². The second kappa shape index (κ2) is 3.05. The molecule has 0 aliphatic carbocycles. The van der Waals surface area contributed by atoms with E-state index in [0.717, 1.165) is 0 Å². The highest BCUT2D eigenvalue weighted by Gasteiger charge is 2.82. The van der Waals surface area contributed by atoms with Crippen molar-refractivity contribution in [1.29, 1.82) is 0 Å². The Bertz CT molecular complexity index is 221. The molecule has 0 bridgehead atoms. The largest absolute Gasteiger partial charge is 0.360 e. The molecular weight excluding hydrogens is 261 g/mol. The summed E-state index contributed by atoms with van der Waals surface area (Å²) in [6.45, 7) is 0. The van der Waals surface area contributed by atoms with E-state index >= 15 is 0 Å². The van der Waals surface area contributed by atoms with Crippen LogP contribution < -0.4 is 0 Å². The van der Waals surface area contributed by atoms with Crippen LogP contribution in [0.25, 0.3) is 0 Å². The second-order valence-electron chi connectivity index (χ2n) is 2.60. The molecule has 0 spiro atoms. The van der Waals surface area contributed by atoms with Crippen LogP contribution in [0.1, 0.15) is 0 Å². The average molecular weight is 263 g/mol. The van der Waals surface area contributed by atoms with E-state index in [0.29, 0.717) is 0 Å². The third-order valence-corrected chi connectivity index (χ3v) is 2.32. The Balaban J connectivity index is 3.08. The molecule has 0 aromatic rings. The van der Waals surface area contributed by atoms with Gasteiger partial charge in [-0.3, -0.25) is 0 Å². The summed E-state index contributed by atoms with van der Waals surface area (Å²) in [6.07, 6.45) is -6.17. The third-order valence-electron chi connectivity index (χ3n) is 1.76. The van der Waals surface area contributed by atoms with Gasteiger partial charge in [0.15, 0.2) is 6.17 Å². The molecule has 1 rings (SSSR count). The molecule has 1 heterocycles. The number of rotatable bonds is 2. The number of ether oxygens (including phenoxy) is 1. The van der Waals surface area contributed by atoms with E-state index in [9.17, 15) is 26.3 Å². The predicted octanol–water partition coefficient (Wildman–Crippen LogP) is 3.05. The molecule has 0 amide bonds. The Morgan fingerprint density at radius 2 is 1.36 bits per heavy atom. The van der Waals surface area contributed by atoms with E-state index in [-0.39, 0.29) is 0 Å². The minimum absolute atomic E-state index is 2.88. The monoisotopic (exact) mass is 262 g/mol. The van der Waals surface area contributed by atoms with Gasteiger partial charge in [0.05, 0.1) is 0 Å². The molecule has 0 radical (unpaired) electrons. The summed E-state index contributed by atoms with van der Waals surface area (Å²) < 4.78 is 77.7. The molecule has 14 heavy (non-hydrogen) atoms. The lowest BCUT2D eigenvalue weighted by atomic mass is 9.92. The Kier molecular flexibility index (Phi) is 2.66. The molecule has 1 fully saturated rings. The van der Waals surface area contributed by atoms with Crippen LogP contribution in [0.4, 0.5) is 26.3 Å². The fraction of sp³-hybridized carbons (Fsp3) is 1.00. The molecule has 1 aliphatic rings. The first kappa shape index (κ1) is 12.2. The highest BCUT2D eigenvalue weighted by molar-refractivity contribution is 6.26. The maximum Gasteiger partial charge on any atom is 0.360 e. The van der Waals surface area contributed by atoms with Crippen LogP contribution in [0.5, 0.6) is 0 Å². The molecule has 0 saturated carbocycles. The summed E-state index contributed by atoms with van der Waals surface area (Å²) in [5.74, 6) is 0. The van der Waals surface area contributed by atoms with Gasteiger partial charge in [0.25, 0.3) is 5.60 Å². The number of halogens is 8. The number of alkyl halides is 8. The van der Waals surface area contributed by atoms with Gasteiger partial charge in [-0.2, -0.15) is 17.6 Å². The van der Waals surface area contributed by atoms with E-state index in [1.165, 1.54) is 0 Å². The fourth-order valence-electron chi connectivity index (χ4n) is 1.02. The molecule has 9 heteroatoms. The molecule has 1 aliphatic heterocycles. The minimum atomic E-state index is -4.82. The zero-order chi connectivity index (χ0) is 11.4. The van der Waals surface area contributed by atoms with Gasteiger partial charge in [0.2, 0.25) is 6.36 Å². The molecule has 1 nitrogen and oxygen atoms in total.